The lowest BCUT2D eigenvalue weighted by Crippen LogP contribution is -2.51. The standard InChI is InChI=1S/C21H29NO5S2/c1-19(2,22-12-15-7-5-6-8-17(15)29(22,26)27)13-28(24,25)14-21-10-9-16(11-18(21)23)20(21,3)4/h5-8,16H,9-14H2,1-4H3. The number of sulfonamides is 1. The summed E-state index contributed by atoms with van der Waals surface area (Å²) in [6.45, 7) is 7.50. The first-order chi connectivity index (χ1) is 13.2. The molecule has 2 atom stereocenters. The van der Waals surface area contributed by atoms with E-state index in [9.17, 15) is 21.6 Å². The molecule has 6 nitrogen and oxygen atoms in total. The summed E-state index contributed by atoms with van der Waals surface area (Å²) in [5, 5.41) is 0. The summed E-state index contributed by atoms with van der Waals surface area (Å²) in [6.07, 6.45) is 1.95. The molecule has 4 rings (SSSR count). The lowest BCUT2D eigenvalue weighted by atomic mass is 9.70. The van der Waals surface area contributed by atoms with Crippen LogP contribution in [0.25, 0.3) is 0 Å². The number of rotatable bonds is 5. The monoisotopic (exact) mass is 439 g/mol. The topological polar surface area (TPSA) is 88.6 Å². The summed E-state index contributed by atoms with van der Waals surface area (Å²) >= 11 is 0. The van der Waals surface area contributed by atoms with Gasteiger partial charge in [0.2, 0.25) is 10.0 Å². The van der Waals surface area contributed by atoms with Crippen LogP contribution >= 0.6 is 0 Å². The fourth-order valence-corrected chi connectivity index (χ4v) is 10.7. The minimum absolute atomic E-state index is 0.0568. The molecule has 2 fully saturated rings. The van der Waals surface area contributed by atoms with Gasteiger partial charge in [0.25, 0.3) is 0 Å². The van der Waals surface area contributed by atoms with Gasteiger partial charge in [0.15, 0.2) is 9.84 Å². The van der Waals surface area contributed by atoms with Gasteiger partial charge in [-0.3, -0.25) is 4.79 Å². The average Bonchev–Trinajstić information content (AvgIpc) is 3.06. The Morgan fingerprint density at radius 1 is 1.21 bits per heavy atom. The maximum Gasteiger partial charge on any atom is 0.244 e. The van der Waals surface area contributed by atoms with E-state index in [0.29, 0.717) is 18.4 Å². The van der Waals surface area contributed by atoms with Crippen molar-refractivity contribution in [3.8, 4) is 0 Å². The molecule has 1 aliphatic heterocycles. The molecule has 3 aliphatic rings. The molecule has 1 aromatic rings. The minimum Gasteiger partial charge on any atom is -0.299 e. The molecule has 160 valence electrons. The van der Waals surface area contributed by atoms with Crippen LogP contribution in [-0.2, 0) is 31.2 Å². The average molecular weight is 440 g/mol. The second-order valence-corrected chi connectivity index (χ2v) is 14.0. The van der Waals surface area contributed by atoms with Gasteiger partial charge in [-0.05, 0) is 49.7 Å². The van der Waals surface area contributed by atoms with Crippen LogP contribution in [0.15, 0.2) is 29.2 Å². The van der Waals surface area contributed by atoms with Crippen LogP contribution < -0.4 is 0 Å². The number of nitrogens with zero attached hydrogens (tertiary/aromatic N) is 1. The first-order valence-corrected chi connectivity index (χ1v) is 13.3. The Labute approximate surface area is 173 Å². The summed E-state index contributed by atoms with van der Waals surface area (Å²) < 4.78 is 53.9. The fourth-order valence-electron chi connectivity index (χ4n) is 5.93. The van der Waals surface area contributed by atoms with Crippen LogP contribution in [-0.4, -0.2) is 44.0 Å². The number of hydrogen-bond donors (Lipinski definition) is 0. The molecule has 2 bridgehead atoms. The van der Waals surface area contributed by atoms with Crippen LogP contribution in [0.5, 0.6) is 0 Å². The second kappa shape index (κ2) is 6.14. The van der Waals surface area contributed by atoms with Crippen molar-refractivity contribution in [2.75, 3.05) is 11.5 Å². The van der Waals surface area contributed by atoms with Gasteiger partial charge in [-0.25, -0.2) is 16.8 Å². The Morgan fingerprint density at radius 2 is 1.86 bits per heavy atom. The van der Waals surface area contributed by atoms with Gasteiger partial charge in [0, 0.05) is 23.9 Å². The molecule has 0 spiro atoms. The summed E-state index contributed by atoms with van der Waals surface area (Å²) in [7, 11) is -7.42. The molecule has 2 unspecified atom stereocenters. The number of sulfone groups is 1. The van der Waals surface area contributed by atoms with Gasteiger partial charge < -0.3 is 0 Å². The second-order valence-electron chi connectivity index (χ2n) is 10.1. The molecule has 0 N–H and O–H groups in total. The van der Waals surface area contributed by atoms with Crippen molar-refractivity contribution in [3.63, 3.8) is 0 Å². The number of ketones is 1. The Kier molecular flexibility index (Phi) is 4.45. The number of fused-ring (bicyclic) bond motifs is 3. The van der Waals surface area contributed by atoms with Crippen LogP contribution in [0.2, 0.25) is 0 Å². The van der Waals surface area contributed by atoms with Gasteiger partial charge in [-0.2, -0.15) is 4.31 Å². The van der Waals surface area contributed by atoms with Gasteiger partial charge in [0.1, 0.15) is 5.78 Å². The molecule has 29 heavy (non-hydrogen) atoms. The third-order valence-corrected chi connectivity index (χ3v) is 11.9. The Balaban J connectivity index is 1.61. The molecule has 1 aromatic carbocycles. The van der Waals surface area contributed by atoms with Crippen LogP contribution in [0.3, 0.4) is 0 Å². The molecular weight excluding hydrogens is 410 g/mol. The third-order valence-electron chi connectivity index (χ3n) is 7.71. The highest BCUT2D eigenvalue weighted by molar-refractivity contribution is 7.91. The van der Waals surface area contributed by atoms with E-state index >= 15 is 0 Å². The molecular formula is C21H29NO5S2. The molecule has 1 heterocycles. The SMILES string of the molecule is CC(C)(CS(=O)(=O)CC12CCC(CC1=O)C2(C)C)N1Cc2ccccc2S1(=O)=O. The normalized spacial score (nSPS) is 30.6. The fraction of sp³-hybridized carbons (Fsp3) is 0.667. The van der Waals surface area contributed by atoms with E-state index in [0.717, 1.165) is 6.42 Å². The summed E-state index contributed by atoms with van der Waals surface area (Å²) in [5.41, 5.74) is -1.60. The Bertz CT molecular complexity index is 1090. The first kappa shape index (κ1) is 21.0. The largest absolute Gasteiger partial charge is 0.299 e. The van der Waals surface area contributed by atoms with Gasteiger partial charge >= 0.3 is 0 Å². The van der Waals surface area contributed by atoms with E-state index in [1.54, 1.807) is 38.1 Å². The molecule has 2 saturated carbocycles. The van der Waals surface area contributed by atoms with E-state index < -0.39 is 30.8 Å². The zero-order chi connectivity index (χ0) is 21.5. The summed E-state index contributed by atoms with van der Waals surface area (Å²) in [6, 6.07) is 6.78. The highest BCUT2D eigenvalue weighted by atomic mass is 32.2. The smallest absolute Gasteiger partial charge is 0.244 e. The zero-order valence-corrected chi connectivity index (χ0v) is 19.1. The van der Waals surface area contributed by atoms with E-state index in [1.165, 1.54) is 4.31 Å². The Morgan fingerprint density at radius 3 is 2.41 bits per heavy atom. The lowest BCUT2D eigenvalue weighted by molar-refractivity contribution is -0.128. The maximum absolute atomic E-state index is 13.3. The highest BCUT2D eigenvalue weighted by Gasteiger charge is 2.65. The first-order valence-electron chi connectivity index (χ1n) is 10.1. The minimum atomic E-state index is -3.75. The van der Waals surface area contributed by atoms with Crippen molar-refractivity contribution in [1.29, 1.82) is 0 Å². The van der Waals surface area contributed by atoms with Gasteiger partial charge in [0.05, 0.1) is 16.4 Å². The molecule has 0 amide bonds. The molecule has 8 heteroatoms. The van der Waals surface area contributed by atoms with Crippen molar-refractivity contribution in [2.24, 2.45) is 16.7 Å². The lowest BCUT2D eigenvalue weighted by Gasteiger charge is -2.38. The highest BCUT2D eigenvalue weighted by Crippen LogP contribution is 2.64. The maximum atomic E-state index is 13.3. The van der Waals surface area contributed by atoms with E-state index in [2.05, 4.69) is 0 Å². The number of benzene rings is 1. The number of Topliss-reactive ketones (excluding diaryl/α,β-unsaturated/α-hetero) is 1. The van der Waals surface area contributed by atoms with Crippen molar-refractivity contribution in [2.45, 2.75) is 63.9 Å². The number of carbonyl (C=O) groups excluding carboxylic acids is 1. The summed E-state index contributed by atoms with van der Waals surface area (Å²) in [4.78, 5) is 13.0. The van der Waals surface area contributed by atoms with Crippen LogP contribution in [0.4, 0.5) is 0 Å². The predicted octanol–water partition coefficient (Wildman–Crippen LogP) is 2.78. The van der Waals surface area contributed by atoms with Crippen molar-refractivity contribution >= 4 is 25.6 Å². The zero-order valence-electron chi connectivity index (χ0n) is 17.4. The van der Waals surface area contributed by atoms with Gasteiger partial charge in [-0.15, -0.1) is 0 Å². The van der Waals surface area contributed by atoms with Crippen molar-refractivity contribution in [3.05, 3.63) is 29.8 Å². The number of carbonyl (C=O) groups is 1. The van der Waals surface area contributed by atoms with E-state index in [1.807, 2.05) is 13.8 Å². The van der Waals surface area contributed by atoms with Crippen molar-refractivity contribution in [1.82, 2.24) is 4.31 Å². The summed E-state index contributed by atoms with van der Waals surface area (Å²) in [5.74, 6) is -0.191. The van der Waals surface area contributed by atoms with Gasteiger partial charge in [-0.1, -0.05) is 32.0 Å². The van der Waals surface area contributed by atoms with E-state index in [-0.39, 0.29) is 40.1 Å². The Hall–Kier alpha value is -1.25. The molecule has 2 aliphatic carbocycles. The van der Waals surface area contributed by atoms with E-state index in [4.69, 9.17) is 0 Å². The molecule has 0 radical (unpaired) electrons. The van der Waals surface area contributed by atoms with Crippen LogP contribution in [0.1, 0.15) is 52.5 Å². The quantitative estimate of drug-likeness (QED) is 0.704. The third kappa shape index (κ3) is 2.93. The van der Waals surface area contributed by atoms with Crippen molar-refractivity contribution < 1.29 is 21.6 Å². The predicted molar refractivity (Wildman–Crippen MR) is 110 cm³/mol. The molecule has 0 aromatic heterocycles. The van der Waals surface area contributed by atoms with Crippen LogP contribution in [0, 0.1) is 16.7 Å². The number of hydrogen-bond acceptors (Lipinski definition) is 5. The molecule has 0 saturated heterocycles.